The van der Waals surface area contributed by atoms with Gasteiger partial charge in [-0.3, -0.25) is 4.79 Å². The lowest BCUT2D eigenvalue weighted by atomic mass is 9.63. The van der Waals surface area contributed by atoms with E-state index in [0.717, 1.165) is 24.0 Å². The third-order valence-electron chi connectivity index (χ3n) is 6.14. The quantitative estimate of drug-likeness (QED) is 0.843. The minimum atomic E-state index is -1.45. The lowest BCUT2D eigenvalue weighted by molar-refractivity contribution is -0.140. The second-order valence-electron chi connectivity index (χ2n) is 7.00. The molecule has 0 aromatic heterocycles. The Balaban J connectivity index is 1.98. The molecule has 1 spiro atoms. The Morgan fingerprint density at radius 1 is 1.17 bits per heavy atom. The molecule has 1 amide bonds. The summed E-state index contributed by atoms with van der Waals surface area (Å²) in [6, 6.07) is 3.81. The van der Waals surface area contributed by atoms with Crippen molar-refractivity contribution in [2.24, 2.45) is 0 Å². The second kappa shape index (κ2) is 5.10. The topological polar surface area (TPSA) is 79.2 Å². The molecule has 2 fully saturated rings. The number of aliphatic hydroxyl groups excluding tert-OH is 1. The van der Waals surface area contributed by atoms with Crippen LogP contribution in [0.5, 0.6) is 11.5 Å². The van der Waals surface area contributed by atoms with Crippen LogP contribution < -0.4 is 9.47 Å². The molecule has 0 unspecified atom stereocenters. The molecule has 2 heterocycles. The molecule has 0 bridgehead atoms. The molecule has 1 saturated heterocycles. The molecule has 2 N–H and O–H groups in total. The Kier molecular flexibility index (Phi) is 3.34. The van der Waals surface area contributed by atoms with Crippen LogP contribution in [0, 0.1) is 0 Å². The largest absolute Gasteiger partial charge is 0.493 e. The lowest BCUT2D eigenvalue weighted by Gasteiger charge is -2.53. The SMILES string of the molecule is COc1cc2c(cc1OC)[C@]13CCCC[C@]1(O)[C@H](O)C(=O)N3CC2. The second-order valence-corrected chi connectivity index (χ2v) is 7.00. The van der Waals surface area contributed by atoms with Crippen LogP contribution in [0.15, 0.2) is 12.1 Å². The average Bonchev–Trinajstić information content (AvgIpc) is 2.79. The van der Waals surface area contributed by atoms with Gasteiger partial charge in [0.2, 0.25) is 0 Å². The van der Waals surface area contributed by atoms with Crippen molar-refractivity contribution in [3.05, 3.63) is 23.3 Å². The van der Waals surface area contributed by atoms with Gasteiger partial charge in [0.25, 0.3) is 5.91 Å². The maximum absolute atomic E-state index is 12.7. The van der Waals surface area contributed by atoms with Crippen molar-refractivity contribution < 1.29 is 24.5 Å². The lowest BCUT2D eigenvalue weighted by Crippen LogP contribution is -2.61. The van der Waals surface area contributed by atoms with Crippen LogP contribution in [-0.2, 0) is 16.8 Å². The number of aliphatic hydroxyl groups is 2. The van der Waals surface area contributed by atoms with E-state index in [2.05, 4.69) is 0 Å². The van der Waals surface area contributed by atoms with Gasteiger partial charge in [-0.2, -0.15) is 0 Å². The highest BCUT2D eigenvalue weighted by molar-refractivity contribution is 5.88. The van der Waals surface area contributed by atoms with E-state index in [-0.39, 0.29) is 5.91 Å². The van der Waals surface area contributed by atoms with Crippen LogP contribution in [-0.4, -0.2) is 53.5 Å². The predicted molar refractivity (Wildman–Crippen MR) is 86.1 cm³/mol. The summed E-state index contributed by atoms with van der Waals surface area (Å²) in [4.78, 5) is 14.4. The van der Waals surface area contributed by atoms with Gasteiger partial charge in [-0.05, 0) is 42.5 Å². The highest BCUT2D eigenvalue weighted by Crippen LogP contribution is 2.58. The molecule has 6 nitrogen and oxygen atoms in total. The van der Waals surface area contributed by atoms with E-state index in [1.807, 2.05) is 12.1 Å². The van der Waals surface area contributed by atoms with E-state index >= 15 is 0 Å². The van der Waals surface area contributed by atoms with Gasteiger partial charge >= 0.3 is 0 Å². The fourth-order valence-electron chi connectivity index (χ4n) is 5.03. The van der Waals surface area contributed by atoms with Gasteiger partial charge in [-0.1, -0.05) is 12.8 Å². The van der Waals surface area contributed by atoms with Gasteiger partial charge in [-0.25, -0.2) is 0 Å². The van der Waals surface area contributed by atoms with Crippen LogP contribution in [0.1, 0.15) is 36.8 Å². The summed E-state index contributed by atoms with van der Waals surface area (Å²) < 4.78 is 10.8. The molecule has 1 saturated carbocycles. The van der Waals surface area contributed by atoms with Crippen LogP contribution in [0.25, 0.3) is 0 Å². The van der Waals surface area contributed by atoms with Gasteiger partial charge < -0.3 is 24.6 Å². The van der Waals surface area contributed by atoms with Crippen LogP contribution in [0.3, 0.4) is 0 Å². The number of benzene rings is 1. The summed E-state index contributed by atoms with van der Waals surface area (Å²) in [6.07, 6.45) is 2.09. The molecule has 24 heavy (non-hydrogen) atoms. The van der Waals surface area contributed by atoms with Crippen molar-refractivity contribution in [1.29, 1.82) is 0 Å². The molecule has 6 heteroatoms. The summed E-state index contributed by atoms with van der Waals surface area (Å²) in [7, 11) is 3.17. The monoisotopic (exact) mass is 333 g/mol. The first-order valence-corrected chi connectivity index (χ1v) is 8.47. The third-order valence-corrected chi connectivity index (χ3v) is 6.14. The average molecular weight is 333 g/mol. The number of fused-ring (bicyclic) bond motifs is 1. The van der Waals surface area contributed by atoms with Crippen LogP contribution in [0.2, 0.25) is 0 Å². The number of carbonyl (C=O) groups is 1. The van der Waals surface area contributed by atoms with E-state index in [4.69, 9.17) is 9.47 Å². The van der Waals surface area contributed by atoms with Crippen molar-refractivity contribution in [2.75, 3.05) is 20.8 Å². The summed E-state index contributed by atoms with van der Waals surface area (Å²) in [6.45, 7) is 0.501. The van der Waals surface area contributed by atoms with Gasteiger partial charge in [0.05, 0.1) is 14.2 Å². The van der Waals surface area contributed by atoms with Crippen molar-refractivity contribution >= 4 is 5.91 Å². The standard InChI is InChI=1S/C18H23NO5/c1-23-13-9-11-5-8-19-16(21)15(20)18(22)7-4-3-6-17(18,19)12(11)10-14(13)24-2/h9-10,15,20,22H,3-8H2,1-2H3/t15-,17-,18+/m1/s1. The minimum Gasteiger partial charge on any atom is -0.493 e. The number of ether oxygens (including phenoxy) is 2. The molecule has 3 aliphatic rings. The first-order valence-electron chi connectivity index (χ1n) is 8.47. The Morgan fingerprint density at radius 3 is 2.54 bits per heavy atom. The Hall–Kier alpha value is -1.79. The number of hydrogen-bond donors (Lipinski definition) is 2. The van der Waals surface area contributed by atoms with Gasteiger partial charge in [0.1, 0.15) is 11.1 Å². The van der Waals surface area contributed by atoms with Crippen LogP contribution in [0.4, 0.5) is 0 Å². The van der Waals surface area contributed by atoms with Crippen molar-refractivity contribution in [2.45, 2.75) is 49.3 Å². The third kappa shape index (κ3) is 1.65. The molecular weight excluding hydrogens is 310 g/mol. The number of methoxy groups -OCH3 is 2. The molecule has 4 rings (SSSR count). The van der Waals surface area contributed by atoms with Gasteiger partial charge in [0, 0.05) is 6.54 Å². The maximum atomic E-state index is 12.7. The van der Waals surface area contributed by atoms with E-state index in [9.17, 15) is 15.0 Å². The van der Waals surface area contributed by atoms with Gasteiger partial charge in [0.15, 0.2) is 17.6 Å². The number of amides is 1. The molecule has 1 aliphatic carbocycles. The molecule has 130 valence electrons. The molecule has 1 aromatic rings. The zero-order valence-corrected chi connectivity index (χ0v) is 14.0. The molecular formula is C18H23NO5. The summed E-state index contributed by atoms with van der Waals surface area (Å²) in [5.74, 6) is 0.861. The van der Waals surface area contributed by atoms with Crippen molar-refractivity contribution in [3.63, 3.8) is 0 Å². The first kappa shape index (κ1) is 15.7. The molecule has 1 aromatic carbocycles. The maximum Gasteiger partial charge on any atom is 0.255 e. The minimum absolute atomic E-state index is 0.361. The van der Waals surface area contributed by atoms with E-state index in [1.54, 1.807) is 19.1 Å². The fraction of sp³-hybridized carbons (Fsp3) is 0.611. The Bertz CT molecular complexity index is 705. The zero-order valence-electron chi connectivity index (χ0n) is 14.0. The van der Waals surface area contributed by atoms with E-state index in [1.165, 1.54) is 0 Å². The van der Waals surface area contributed by atoms with Crippen LogP contribution >= 0.6 is 0 Å². The highest BCUT2D eigenvalue weighted by Gasteiger charge is 2.70. The Labute approximate surface area is 141 Å². The normalized spacial score (nSPS) is 34.4. The van der Waals surface area contributed by atoms with Crippen molar-refractivity contribution in [1.82, 2.24) is 4.90 Å². The molecule has 3 atom stereocenters. The number of hydrogen-bond acceptors (Lipinski definition) is 5. The smallest absolute Gasteiger partial charge is 0.255 e. The Morgan fingerprint density at radius 2 is 1.83 bits per heavy atom. The number of carbonyl (C=O) groups excluding carboxylic acids is 1. The summed E-state index contributed by atoms with van der Waals surface area (Å²) >= 11 is 0. The number of rotatable bonds is 2. The fourth-order valence-corrected chi connectivity index (χ4v) is 5.03. The predicted octanol–water partition coefficient (Wildman–Crippen LogP) is 0.963. The zero-order chi connectivity index (χ0) is 17.1. The summed E-state index contributed by atoms with van der Waals surface area (Å²) in [5, 5.41) is 21.9. The van der Waals surface area contributed by atoms with Crippen molar-refractivity contribution in [3.8, 4) is 11.5 Å². The molecule has 2 aliphatic heterocycles. The van der Waals surface area contributed by atoms with E-state index in [0.29, 0.717) is 37.3 Å². The number of nitrogens with zero attached hydrogens (tertiary/aromatic N) is 1. The highest BCUT2D eigenvalue weighted by atomic mass is 16.5. The van der Waals surface area contributed by atoms with E-state index < -0.39 is 17.2 Å². The molecule has 0 radical (unpaired) electrons. The first-order chi connectivity index (χ1) is 11.5. The summed E-state index contributed by atoms with van der Waals surface area (Å²) in [5.41, 5.74) is -0.379. The van der Waals surface area contributed by atoms with Gasteiger partial charge in [-0.15, -0.1) is 0 Å².